The summed E-state index contributed by atoms with van der Waals surface area (Å²) >= 11 is 5.80. The Morgan fingerprint density at radius 2 is 2.38 bits per heavy atom. The van der Waals surface area contributed by atoms with E-state index in [4.69, 9.17) is 11.6 Å². The molecule has 0 amide bonds. The molecular formula is C11H14ClN3O. The first-order valence-corrected chi connectivity index (χ1v) is 5.79. The third-order valence-electron chi connectivity index (χ3n) is 2.97. The SMILES string of the molecule is CC(CNc1ncnc(Cl)c1C=O)C1CC1. The van der Waals surface area contributed by atoms with Crippen LogP contribution in [0.3, 0.4) is 0 Å². The smallest absolute Gasteiger partial charge is 0.156 e. The highest BCUT2D eigenvalue weighted by atomic mass is 35.5. The lowest BCUT2D eigenvalue weighted by Crippen LogP contribution is -2.15. The quantitative estimate of drug-likeness (QED) is 0.633. The topological polar surface area (TPSA) is 54.9 Å². The van der Waals surface area contributed by atoms with E-state index in [0.717, 1.165) is 12.5 Å². The Kier molecular flexibility index (Phi) is 3.39. The van der Waals surface area contributed by atoms with Crippen LogP contribution in [0.2, 0.25) is 5.15 Å². The number of hydrogen-bond donors (Lipinski definition) is 1. The molecule has 1 unspecified atom stereocenters. The van der Waals surface area contributed by atoms with E-state index in [9.17, 15) is 4.79 Å². The number of anilines is 1. The second kappa shape index (κ2) is 4.78. The van der Waals surface area contributed by atoms with Gasteiger partial charge in [-0.2, -0.15) is 0 Å². The van der Waals surface area contributed by atoms with Gasteiger partial charge in [0.05, 0.1) is 5.56 Å². The number of carbonyl (C=O) groups excluding carboxylic acids is 1. The molecule has 0 aliphatic heterocycles. The fourth-order valence-corrected chi connectivity index (χ4v) is 1.89. The third-order valence-corrected chi connectivity index (χ3v) is 3.27. The molecule has 5 heteroatoms. The molecule has 1 aliphatic rings. The van der Waals surface area contributed by atoms with Crippen LogP contribution in [-0.2, 0) is 0 Å². The minimum atomic E-state index is 0.201. The molecule has 1 fully saturated rings. The Balaban J connectivity index is 2.02. The summed E-state index contributed by atoms with van der Waals surface area (Å²) in [5, 5.41) is 3.36. The number of carbonyl (C=O) groups is 1. The number of aldehydes is 1. The zero-order valence-electron chi connectivity index (χ0n) is 9.11. The van der Waals surface area contributed by atoms with Gasteiger partial charge in [0.1, 0.15) is 17.3 Å². The van der Waals surface area contributed by atoms with Gasteiger partial charge in [-0.25, -0.2) is 9.97 Å². The van der Waals surface area contributed by atoms with E-state index in [1.165, 1.54) is 19.2 Å². The Morgan fingerprint density at radius 3 is 3.00 bits per heavy atom. The van der Waals surface area contributed by atoms with Crippen molar-refractivity contribution in [3.63, 3.8) is 0 Å². The molecule has 1 saturated carbocycles. The van der Waals surface area contributed by atoms with Crippen LogP contribution in [0.1, 0.15) is 30.1 Å². The number of hydrogen-bond acceptors (Lipinski definition) is 4. The van der Waals surface area contributed by atoms with Crippen LogP contribution < -0.4 is 5.32 Å². The maximum Gasteiger partial charge on any atom is 0.156 e. The maximum atomic E-state index is 10.8. The molecule has 86 valence electrons. The van der Waals surface area contributed by atoms with Crippen LogP contribution in [0.25, 0.3) is 0 Å². The van der Waals surface area contributed by atoms with E-state index < -0.39 is 0 Å². The molecule has 0 radical (unpaired) electrons. The summed E-state index contributed by atoms with van der Waals surface area (Å²) in [5.41, 5.74) is 0.340. The molecule has 0 spiro atoms. The second-order valence-corrected chi connectivity index (χ2v) is 4.60. The van der Waals surface area contributed by atoms with Crippen molar-refractivity contribution in [1.29, 1.82) is 0 Å². The maximum absolute atomic E-state index is 10.8. The lowest BCUT2D eigenvalue weighted by Gasteiger charge is -2.12. The normalized spacial score (nSPS) is 16.9. The van der Waals surface area contributed by atoms with Crippen molar-refractivity contribution in [2.45, 2.75) is 19.8 Å². The first-order chi connectivity index (χ1) is 7.72. The Morgan fingerprint density at radius 1 is 1.62 bits per heavy atom. The lowest BCUT2D eigenvalue weighted by molar-refractivity contribution is 0.112. The van der Waals surface area contributed by atoms with Crippen LogP contribution in [0.4, 0.5) is 5.82 Å². The molecule has 0 saturated heterocycles. The number of halogens is 1. The largest absolute Gasteiger partial charge is 0.369 e. The first kappa shape index (κ1) is 11.3. The zero-order chi connectivity index (χ0) is 11.5. The highest BCUT2D eigenvalue weighted by molar-refractivity contribution is 6.32. The average Bonchev–Trinajstić information content (AvgIpc) is 3.09. The summed E-state index contributed by atoms with van der Waals surface area (Å²) in [5.74, 6) is 1.96. The predicted octanol–water partition coefficient (Wildman–Crippen LogP) is 2.40. The molecule has 2 rings (SSSR count). The van der Waals surface area contributed by atoms with Crippen molar-refractivity contribution in [3.05, 3.63) is 17.0 Å². The number of aromatic nitrogens is 2. The second-order valence-electron chi connectivity index (χ2n) is 4.24. The number of nitrogens with zero attached hydrogens (tertiary/aromatic N) is 2. The molecule has 4 nitrogen and oxygen atoms in total. The molecule has 1 N–H and O–H groups in total. The van der Waals surface area contributed by atoms with Crippen LogP contribution in [0, 0.1) is 11.8 Å². The molecule has 16 heavy (non-hydrogen) atoms. The molecule has 1 aromatic heterocycles. The van der Waals surface area contributed by atoms with Gasteiger partial charge in [-0.15, -0.1) is 0 Å². The Bertz CT molecular complexity index is 393. The van der Waals surface area contributed by atoms with E-state index in [1.54, 1.807) is 0 Å². The van der Waals surface area contributed by atoms with Crippen molar-refractivity contribution in [2.24, 2.45) is 11.8 Å². The summed E-state index contributed by atoms with van der Waals surface area (Å²) in [4.78, 5) is 18.6. The summed E-state index contributed by atoms with van der Waals surface area (Å²) in [6, 6.07) is 0. The molecular weight excluding hydrogens is 226 g/mol. The summed E-state index contributed by atoms with van der Waals surface area (Å²) < 4.78 is 0. The van der Waals surface area contributed by atoms with Crippen molar-refractivity contribution in [1.82, 2.24) is 9.97 Å². The van der Waals surface area contributed by atoms with Gasteiger partial charge in [-0.1, -0.05) is 18.5 Å². The van der Waals surface area contributed by atoms with E-state index >= 15 is 0 Å². The van der Waals surface area contributed by atoms with Gasteiger partial charge in [0.2, 0.25) is 0 Å². The molecule has 0 aromatic carbocycles. The van der Waals surface area contributed by atoms with Gasteiger partial charge in [0.15, 0.2) is 6.29 Å². The predicted molar refractivity (Wildman–Crippen MR) is 62.8 cm³/mol. The fraction of sp³-hybridized carbons (Fsp3) is 0.545. The highest BCUT2D eigenvalue weighted by Crippen LogP contribution is 2.36. The average molecular weight is 240 g/mol. The van der Waals surface area contributed by atoms with Crippen molar-refractivity contribution in [3.8, 4) is 0 Å². The van der Waals surface area contributed by atoms with Gasteiger partial charge in [-0.3, -0.25) is 4.79 Å². The van der Waals surface area contributed by atoms with Crippen LogP contribution in [-0.4, -0.2) is 22.8 Å². The molecule has 1 heterocycles. The van der Waals surface area contributed by atoms with E-state index in [2.05, 4.69) is 22.2 Å². The van der Waals surface area contributed by atoms with Crippen molar-refractivity contribution >= 4 is 23.7 Å². The minimum absolute atomic E-state index is 0.201. The monoisotopic (exact) mass is 239 g/mol. The standard InChI is InChI=1S/C11H14ClN3O/c1-7(8-2-3-8)4-13-11-9(5-16)10(12)14-6-15-11/h5-8H,2-4H2,1H3,(H,13,14,15). The van der Waals surface area contributed by atoms with Gasteiger partial charge < -0.3 is 5.32 Å². The molecule has 1 aliphatic carbocycles. The van der Waals surface area contributed by atoms with Gasteiger partial charge >= 0.3 is 0 Å². The van der Waals surface area contributed by atoms with Crippen LogP contribution in [0.5, 0.6) is 0 Å². The molecule has 1 aromatic rings. The van der Waals surface area contributed by atoms with Gasteiger partial charge in [0, 0.05) is 6.54 Å². The van der Waals surface area contributed by atoms with Crippen LogP contribution >= 0.6 is 11.6 Å². The van der Waals surface area contributed by atoms with Crippen LogP contribution in [0.15, 0.2) is 6.33 Å². The van der Waals surface area contributed by atoms with E-state index in [1.807, 2.05) is 0 Å². The van der Waals surface area contributed by atoms with E-state index in [-0.39, 0.29) is 5.15 Å². The summed E-state index contributed by atoms with van der Waals surface area (Å²) in [6.45, 7) is 3.02. The Labute approximate surface area is 99.4 Å². The van der Waals surface area contributed by atoms with Gasteiger partial charge in [-0.05, 0) is 24.7 Å². The van der Waals surface area contributed by atoms with Gasteiger partial charge in [0.25, 0.3) is 0 Å². The lowest BCUT2D eigenvalue weighted by atomic mass is 10.1. The highest BCUT2D eigenvalue weighted by Gasteiger charge is 2.27. The molecule has 1 atom stereocenters. The first-order valence-electron chi connectivity index (χ1n) is 5.42. The fourth-order valence-electron chi connectivity index (χ4n) is 1.71. The third kappa shape index (κ3) is 2.50. The van der Waals surface area contributed by atoms with Crippen molar-refractivity contribution in [2.75, 3.05) is 11.9 Å². The summed E-state index contributed by atoms with van der Waals surface area (Å²) in [7, 11) is 0. The van der Waals surface area contributed by atoms with E-state index in [0.29, 0.717) is 23.6 Å². The summed E-state index contributed by atoms with van der Waals surface area (Å²) in [6.07, 6.45) is 4.67. The van der Waals surface area contributed by atoms with Crippen molar-refractivity contribution < 1.29 is 4.79 Å². The minimum Gasteiger partial charge on any atom is -0.369 e. The molecule has 0 bridgehead atoms. The number of rotatable bonds is 5. The zero-order valence-corrected chi connectivity index (χ0v) is 9.87. The number of nitrogens with one attached hydrogen (secondary N) is 1. The Hall–Kier alpha value is -1.16.